The molecule has 1 aromatic heterocycles. The lowest BCUT2D eigenvalue weighted by atomic mass is 10.4. The molecule has 98 valence electrons. The van der Waals surface area contributed by atoms with Crippen LogP contribution >= 0.6 is 11.3 Å². The van der Waals surface area contributed by atoms with Crippen molar-refractivity contribution in [1.82, 2.24) is 15.6 Å². The molecule has 0 spiro atoms. The Morgan fingerprint density at radius 1 is 1.39 bits per heavy atom. The normalized spacial score (nSPS) is 14.3. The van der Waals surface area contributed by atoms with Gasteiger partial charge in [-0.3, -0.25) is 9.59 Å². The molecule has 2 rings (SSSR count). The van der Waals surface area contributed by atoms with E-state index < -0.39 is 0 Å². The van der Waals surface area contributed by atoms with E-state index in [1.54, 1.807) is 5.38 Å². The molecule has 1 heterocycles. The van der Waals surface area contributed by atoms with E-state index in [0.717, 1.165) is 17.8 Å². The molecule has 18 heavy (non-hydrogen) atoms. The van der Waals surface area contributed by atoms with Crippen LogP contribution in [0.1, 0.15) is 28.3 Å². The zero-order valence-electron chi connectivity index (χ0n) is 9.94. The second-order valence-electron chi connectivity index (χ2n) is 4.15. The van der Waals surface area contributed by atoms with Crippen molar-refractivity contribution in [3.63, 3.8) is 0 Å². The van der Waals surface area contributed by atoms with E-state index in [9.17, 15) is 9.59 Å². The first-order valence-electron chi connectivity index (χ1n) is 5.91. The van der Waals surface area contributed by atoms with Gasteiger partial charge in [-0.25, -0.2) is 4.98 Å². The summed E-state index contributed by atoms with van der Waals surface area (Å²) in [7, 11) is 0. The van der Waals surface area contributed by atoms with Gasteiger partial charge in [-0.2, -0.15) is 0 Å². The molecular formula is C11H16N4O2S. The zero-order valence-corrected chi connectivity index (χ0v) is 10.8. The van der Waals surface area contributed by atoms with Gasteiger partial charge in [0.1, 0.15) is 10.7 Å². The molecule has 0 aliphatic heterocycles. The number of carbonyl (C=O) groups excluding carboxylic acids is 2. The average Bonchev–Trinajstić information content (AvgIpc) is 3.12. The molecule has 7 heteroatoms. The smallest absolute Gasteiger partial charge is 0.270 e. The highest BCUT2D eigenvalue weighted by atomic mass is 32.1. The van der Waals surface area contributed by atoms with Crippen LogP contribution in [0.15, 0.2) is 5.38 Å². The fourth-order valence-electron chi connectivity index (χ4n) is 1.45. The Balaban J connectivity index is 1.66. The van der Waals surface area contributed by atoms with Crippen LogP contribution in [-0.2, 0) is 11.3 Å². The van der Waals surface area contributed by atoms with Crippen LogP contribution in [0.25, 0.3) is 0 Å². The summed E-state index contributed by atoms with van der Waals surface area (Å²) in [6.07, 6.45) is 1.97. The summed E-state index contributed by atoms with van der Waals surface area (Å²) in [5.41, 5.74) is 5.80. The maximum atomic E-state index is 11.6. The monoisotopic (exact) mass is 268 g/mol. The molecule has 6 nitrogen and oxygen atoms in total. The second kappa shape index (κ2) is 5.92. The van der Waals surface area contributed by atoms with Crippen molar-refractivity contribution >= 4 is 23.2 Å². The number of rotatable bonds is 6. The van der Waals surface area contributed by atoms with Crippen LogP contribution < -0.4 is 16.4 Å². The fraction of sp³-hybridized carbons (Fsp3) is 0.545. The minimum atomic E-state index is -0.230. The standard InChI is InChI=1S/C11H16N4O2S/c12-5-9-15-8(6-18-9)11(17)14-4-3-13-10(16)7-1-2-7/h6-7H,1-5,12H2,(H,13,16)(H,14,17). The number of carbonyl (C=O) groups is 2. The summed E-state index contributed by atoms with van der Waals surface area (Å²) >= 11 is 1.37. The van der Waals surface area contributed by atoms with E-state index in [-0.39, 0.29) is 17.7 Å². The van der Waals surface area contributed by atoms with Crippen LogP contribution in [0.3, 0.4) is 0 Å². The van der Waals surface area contributed by atoms with Crippen LogP contribution in [0.4, 0.5) is 0 Å². The molecular weight excluding hydrogens is 252 g/mol. The zero-order chi connectivity index (χ0) is 13.0. The first kappa shape index (κ1) is 13.0. The van der Waals surface area contributed by atoms with E-state index >= 15 is 0 Å². The molecule has 1 fully saturated rings. The van der Waals surface area contributed by atoms with Gasteiger partial charge in [-0.05, 0) is 12.8 Å². The summed E-state index contributed by atoms with van der Waals surface area (Å²) in [4.78, 5) is 27.0. The Kier molecular flexibility index (Phi) is 4.27. The minimum absolute atomic E-state index is 0.0864. The number of hydrogen-bond donors (Lipinski definition) is 3. The van der Waals surface area contributed by atoms with Crippen molar-refractivity contribution in [1.29, 1.82) is 0 Å². The number of nitrogens with one attached hydrogen (secondary N) is 2. The molecule has 0 radical (unpaired) electrons. The van der Waals surface area contributed by atoms with E-state index in [4.69, 9.17) is 5.73 Å². The predicted octanol–water partition coefficient (Wildman–Crippen LogP) is -0.142. The molecule has 1 aliphatic rings. The highest BCUT2D eigenvalue weighted by Crippen LogP contribution is 2.28. The van der Waals surface area contributed by atoms with Gasteiger partial charge in [0.05, 0.1) is 0 Å². The summed E-state index contributed by atoms with van der Waals surface area (Å²) in [5, 5.41) is 7.90. The molecule has 0 aromatic carbocycles. The summed E-state index contributed by atoms with van der Waals surface area (Å²) in [6.45, 7) is 1.21. The fourth-order valence-corrected chi connectivity index (χ4v) is 2.11. The van der Waals surface area contributed by atoms with Gasteiger partial charge in [0.2, 0.25) is 5.91 Å². The maximum Gasteiger partial charge on any atom is 0.270 e. The molecule has 0 atom stereocenters. The Labute approximate surface area is 109 Å². The number of nitrogens with zero attached hydrogens (tertiary/aromatic N) is 1. The van der Waals surface area contributed by atoms with Crippen LogP contribution in [0, 0.1) is 5.92 Å². The molecule has 0 saturated heterocycles. The molecule has 1 saturated carbocycles. The van der Waals surface area contributed by atoms with Gasteiger partial charge in [0.15, 0.2) is 0 Å². The molecule has 2 amide bonds. The average molecular weight is 268 g/mol. The molecule has 1 aliphatic carbocycles. The first-order valence-corrected chi connectivity index (χ1v) is 6.79. The minimum Gasteiger partial charge on any atom is -0.354 e. The van der Waals surface area contributed by atoms with Gasteiger partial charge in [0.25, 0.3) is 5.91 Å². The Hall–Kier alpha value is -1.47. The Bertz CT molecular complexity index is 442. The Morgan fingerprint density at radius 3 is 2.72 bits per heavy atom. The first-order chi connectivity index (χ1) is 8.70. The van der Waals surface area contributed by atoms with Crippen molar-refractivity contribution in [3.05, 3.63) is 16.1 Å². The van der Waals surface area contributed by atoms with Gasteiger partial charge in [-0.1, -0.05) is 0 Å². The number of aromatic nitrogens is 1. The largest absolute Gasteiger partial charge is 0.354 e. The second-order valence-corrected chi connectivity index (χ2v) is 5.09. The van der Waals surface area contributed by atoms with Crippen molar-refractivity contribution in [3.8, 4) is 0 Å². The number of thiazole rings is 1. The molecule has 4 N–H and O–H groups in total. The van der Waals surface area contributed by atoms with Gasteiger partial charge in [-0.15, -0.1) is 11.3 Å². The van der Waals surface area contributed by atoms with Crippen molar-refractivity contribution in [2.75, 3.05) is 13.1 Å². The van der Waals surface area contributed by atoms with Gasteiger partial charge < -0.3 is 16.4 Å². The lowest BCUT2D eigenvalue weighted by molar-refractivity contribution is -0.122. The Morgan fingerprint density at radius 2 is 2.11 bits per heavy atom. The number of nitrogens with two attached hydrogens (primary N) is 1. The number of amides is 2. The highest BCUT2D eigenvalue weighted by molar-refractivity contribution is 7.09. The summed E-state index contributed by atoms with van der Waals surface area (Å²) in [6, 6.07) is 0. The van der Waals surface area contributed by atoms with Gasteiger partial charge in [0, 0.05) is 30.9 Å². The lowest BCUT2D eigenvalue weighted by Gasteiger charge is -2.05. The van der Waals surface area contributed by atoms with Gasteiger partial charge >= 0.3 is 0 Å². The number of hydrogen-bond acceptors (Lipinski definition) is 5. The van der Waals surface area contributed by atoms with E-state index in [1.807, 2.05) is 0 Å². The third kappa shape index (κ3) is 3.51. The summed E-state index contributed by atoms with van der Waals surface area (Å²) < 4.78 is 0. The quantitative estimate of drug-likeness (QED) is 0.625. The third-order valence-electron chi connectivity index (χ3n) is 2.62. The van der Waals surface area contributed by atoms with Crippen LogP contribution in [-0.4, -0.2) is 29.9 Å². The maximum absolute atomic E-state index is 11.6. The lowest BCUT2D eigenvalue weighted by Crippen LogP contribution is -2.35. The van der Waals surface area contributed by atoms with E-state index in [0.29, 0.717) is 25.3 Å². The van der Waals surface area contributed by atoms with Crippen molar-refractivity contribution in [2.45, 2.75) is 19.4 Å². The predicted molar refractivity (Wildman–Crippen MR) is 68.1 cm³/mol. The topological polar surface area (TPSA) is 97.1 Å². The van der Waals surface area contributed by atoms with E-state index in [1.165, 1.54) is 11.3 Å². The highest BCUT2D eigenvalue weighted by Gasteiger charge is 2.28. The molecule has 1 aromatic rings. The van der Waals surface area contributed by atoms with Crippen molar-refractivity contribution < 1.29 is 9.59 Å². The van der Waals surface area contributed by atoms with E-state index in [2.05, 4.69) is 15.6 Å². The van der Waals surface area contributed by atoms with Crippen molar-refractivity contribution in [2.24, 2.45) is 11.7 Å². The molecule has 0 unspecified atom stereocenters. The third-order valence-corrected chi connectivity index (χ3v) is 3.49. The van der Waals surface area contributed by atoms with Crippen LogP contribution in [0.2, 0.25) is 0 Å². The molecule has 0 bridgehead atoms. The van der Waals surface area contributed by atoms with Crippen LogP contribution in [0.5, 0.6) is 0 Å². The summed E-state index contributed by atoms with van der Waals surface area (Å²) in [5.74, 6) is 0.0568. The SMILES string of the molecule is NCc1nc(C(=O)NCCNC(=O)C2CC2)cs1.